The first-order valence-electron chi connectivity index (χ1n) is 5.14. The number of fused-ring (bicyclic) bond motifs is 1. The average Bonchev–Trinajstić information content (AvgIpc) is 2.76. The molecule has 3 N–H and O–H groups in total. The number of nitrogens with two attached hydrogens (primary N) is 1. The Hall–Kier alpha value is -1.69. The Morgan fingerprint density at radius 1 is 1.24 bits per heavy atom. The number of hydrogen-bond donors (Lipinski definition) is 2. The SMILES string of the molecule is Nc1[nH]ncc1-c1ccc2c(c1Br)OCCO2. The van der Waals surface area contributed by atoms with Crippen LogP contribution in [0.4, 0.5) is 5.82 Å². The summed E-state index contributed by atoms with van der Waals surface area (Å²) in [7, 11) is 0. The maximum atomic E-state index is 5.81. The number of aromatic nitrogens is 2. The molecule has 2 heterocycles. The van der Waals surface area contributed by atoms with Gasteiger partial charge in [0.1, 0.15) is 19.0 Å². The molecule has 2 aromatic rings. The summed E-state index contributed by atoms with van der Waals surface area (Å²) in [4.78, 5) is 0. The van der Waals surface area contributed by atoms with Crippen molar-refractivity contribution in [1.82, 2.24) is 10.2 Å². The lowest BCUT2D eigenvalue weighted by molar-refractivity contribution is 0.170. The summed E-state index contributed by atoms with van der Waals surface area (Å²) in [6.45, 7) is 1.13. The minimum Gasteiger partial charge on any atom is -0.486 e. The van der Waals surface area contributed by atoms with Crippen LogP contribution in [0.2, 0.25) is 0 Å². The van der Waals surface area contributed by atoms with Crippen LogP contribution in [0.3, 0.4) is 0 Å². The van der Waals surface area contributed by atoms with Gasteiger partial charge in [0.25, 0.3) is 0 Å². The molecule has 0 saturated heterocycles. The summed E-state index contributed by atoms with van der Waals surface area (Å²) < 4.78 is 11.9. The number of anilines is 1. The van der Waals surface area contributed by atoms with E-state index >= 15 is 0 Å². The van der Waals surface area contributed by atoms with Crippen molar-refractivity contribution in [2.75, 3.05) is 18.9 Å². The first kappa shape index (κ1) is 10.5. The maximum absolute atomic E-state index is 5.81. The number of nitrogen functional groups attached to an aromatic ring is 1. The highest BCUT2D eigenvalue weighted by atomic mass is 79.9. The molecule has 0 spiro atoms. The van der Waals surface area contributed by atoms with Gasteiger partial charge < -0.3 is 15.2 Å². The van der Waals surface area contributed by atoms with Crippen LogP contribution in [0.25, 0.3) is 11.1 Å². The lowest BCUT2D eigenvalue weighted by atomic mass is 10.1. The second-order valence-corrected chi connectivity index (χ2v) is 4.44. The van der Waals surface area contributed by atoms with Crippen molar-refractivity contribution in [2.24, 2.45) is 0 Å². The first-order chi connectivity index (χ1) is 8.27. The van der Waals surface area contributed by atoms with Crippen LogP contribution in [0.15, 0.2) is 22.8 Å². The van der Waals surface area contributed by atoms with Gasteiger partial charge in [-0.05, 0) is 28.1 Å². The molecule has 0 aliphatic carbocycles. The molecule has 6 heteroatoms. The Morgan fingerprint density at radius 3 is 2.82 bits per heavy atom. The van der Waals surface area contributed by atoms with Crippen molar-refractivity contribution < 1.29 is 9.47 Å². The molecular formula is C11H10BrN3O2. The number of ether oxygens (including phenoxy) is 2. The molecule has 1 aromatic heterocycles. The number of rotatable bonds is 1. The van der Waals surface area contributed by atoms with Crippen molar-refractivity contribution in [2.45, 2.75) is 0 Å². The fourth-order valence-corrected chi connectivity index (χ4v) is 2.46. The van der Waals surface area contributed by atoms with Gasteiger partial charge in [-0.1, -0.05) is 0 Å². The number of nitrogens with one attached hydrogen (secondary N) is 1. The van der Waals surface area contributed by atoms with Crippen LogP contribution in [0, 0.1) is 0 Å². The summed E-state index contributed by atoms with van der Waals surface area (Å²) in [5.74, 6) is 1.99. The van der Waals surface area contributed by atoms with Gasteiger partial charge in [-0.15, -0.1) is 0 Å². The molecule has 0 unspecified atom stereocenters. The Morgan fingerprint density at radius 2 is 2.06 bits per heavy atom. The van der Waals surface area contributed by atoms with Crippen LogP contribution in [0.1, 0.15) is 0 Å². The summed E-state index contributed by atoms with van der Waals surface area (Å²) >= 11 is 3.52. The number of nitrogens with zero attached hydrogens (tertiary/aromatic N) is 1. The number of H-pyrrole nitrogens is 1. The van der Waals surface area contributed by atoms with Crippen LogP contribution in [0.5, 0.6) is 11.5 Å². The van der Waals surface area contributed by atoms with Crippen molar-refractivity contribution in [3.8, 4) is 22.6 Å². The van der Waals surface area contributed by atoms with Gasteiger partial charge in [0.15, 0.2) is 11.5 Å². The molecule has 1 aliphatic heterocycles. The van der Waals surface area contributed by atoms with Crippen molar-refractivity contribution in [3.63, 3.8) is 0 Å². The Balaban J connectivity index is 2.16. The third-order valence-electron chi connectivity index (χ3n) is 2.61. The number of hydrogen-bond acceptors (Lipinski definition) is 4. The van der Waals surface area contributed by atoms with Crippen LogP contribution in [-0.4, -0.2) is 23.4 Å². The minimum absolute atomic E-state index is 0.530. The summed E-state index contributed by atoms with van der Waals surface area (Å²) in [5, 5.41) is 6.62. The zero-order valence-corrected chi connectivity index (χ0v) is 10.5. The van der Waals surface area contributed by atoms with Crippen molar-refractivity contribution in [3.05, 3.63) is 22.8 Å². The third kappa shape index (κ3) is 1.64. The van der Waals surface area contributed by atoms with E-state index in [0.29, 0.717) is 24.8 Å². The van der Waals surface area contributed by atoms with Crippen LogP contribution in [-0.2, 0) is 0 Å². The molecule has 0 saturated carbocycles. The van der Waals surface area contributed by atoms with E-state index in [4.69, 9.17) is 15.2 Å². The van der Waals surface area contributed by atoms with Gasteiger partial charge in [0, 0.05) is 11.1 Å². The van der Waals surface area contributed by atoms with Gasteiger partial charge in [-0.25, -0.2) is 0 Å². The number of benzene rings is 1. The molecule has 88 valence electrons. The standard InChI is InChI=1S/C11H10BrN3O2/c12-9-6(7-5-14-15-11(7)13)1-2-8-10(9)17-4-3-16-8/h1-2,5H,3-4H2,(H3,13,14,15). The fourth-order valence-electron chi connectivity index (χ4n) is 1.80. The highest BCUT2D eigenvalue weighted by Crippen LogP contribution is 2.44. The van der Waals surface area contributed by atoms with E-state index in [0.717, 1.165) is 21.3 Å². The topological polar surface area (TPSA) is 73.2 Å². The van der Waals surface area contributed by atoms with Crippen LogP contribution >= 0.6 is 15.9 Å². The predicted octanol–water partition coefficient (Wildman–Crippen LogP) is 2.19. The molecule has 1 aromatic carbocycles. The number of halogens is 1. The lowest BCUT2D eigenvalue weighted by Gasteiger charge is -2.20. The smallest absolute Gasteiger partial charge is 0.176 e. The zero-order valence-electron chi connectivity index (χ0n) is 8.87. The van der Waals surface area contributed by atoms with Gasteiger partial charge in [0.2, 0.25) is 0 Å². The Bertz CT molecular complexity index is 568. The van der Waals surface area contributed by atoms with Crippen LogP contribution < -0.4 is 15.2 Å². The second kappa shape index (κ2) is 3.96. The summed E-state index contributed by atoms with van der Waals surface area (Å²) in [6.07, 6.45) is 1.69. The molecule has 0 atom stereocenters. The van der Waals surface area contributed by atoms with Crippen molar-refractivity contribution >= 4 is 21.7 Å². The fraction of sp³-hybridized carbons (Fsp3) is 0.182. The summed E-state index contributed by atoms with van der Waals surface area (Å²) in [5.41, 5.74) is 7.58. The maximum Gasteiger partial charge on any atom is 0.176 e. The predicted molar refractivity (Wildman–Crippen MR) is 67.1 cm³/mol. The lowest BCUT2D eigenvalue weighted by Crippen LogP contribution is -2.15. The molecule has 0 bridgehead atoms. The second-order valence-electron chi connectivity index (χ2n) is 3.65. The molecule has 17 heavy (non-hydrogen) atoms. The van der Waals surface area contributed by atoms with E-state index in [9.17, 15) is 0 Å². The van der Waals surface area contributed by atoms with E-state index in [1.807, 2.05) is 12.1 Å². The summed E-state index contributed by atoms with van der Waals surface area (Å²) in [6, 6.07) is 3.81. The third-order valence-corrected chi connectivity index (χ3v) is 3.39. The first-order valence-corrected chi connectivity index (χ1v) is 5.94. The average molecular weight is 296 g/mol. The normalized spacial score (nSPS) is 13.7. The van der Waals surface area contributed by atoms with Gasteiger partial charge in [-0.2, -0.15) is 5.10 Å². The number of aromatic amines is 1. The monoisotopic (exact) mass is 295 g/mol. The molecule has 1 aliphatic rings. The van der Waals surface area contributed by atoms with Crippen molar-refractivity contribution in [1.29, 1.82) is 0 Å². The Kier molecular flexibility index (Phi) is 2.44. The Labute approximate surface area is 106 Å². The molecule has 0 fully saturated rings. The molecule has 0 amide bonds. The van der Waals surface area contributed by atoms with Gasteiger partial charge in [0.05, 0.1) is 10.7 Å². The largest absolute Gasteiger partial charge is 0.486 e. The molecule has 5 nitrogen and oxygen atoms in total. The van der Waals surface area contributed by atoms with E-state index in [1.165, 1.54) is 0 Å². The van der Waals surface area contributed by atoms with E-state index in [2.05, 4.69) is 26.1 Å². The quantitative estimate of drug-likeness (QED) is 0.846. The van der Waals surface area contributed by atoms with Gasteiger partial charge in [-0.3, -0.25) is 5.10 Å². The molecule has 3 rings (SSSR count). The van der Waals surface area contributed by atoms with Gasteiger partial charge >= 0.3 is 0 Å². The van der Waals surface area contributed by atoms with E-state index < -0.39 is 0 Å². The molecule has 0 radical (unpaired) electrons. The molecular weight excluding hydrogens is 286 g/mol. The highest BCUT2D eigenvalue weighted by Gasteiger charge is 2.19. The van der Waals surface area contributed by atoms with E-state index in [1.54, 1.807) is 6.20 Å². The zero-order chi connectivity index (χ0) is 11.8. The highest BCUT2D eigenvalue weighted by molar-refractivity contribution is 9.10. The minimum atomic E-state index is 0.530. The van der Waals surface area contributed by atoms with E-state index in [-0.39, 0.29) is 0 Å².